The van der Waals surface area contributed by atoms with E-state index in [0.717, 1.165) is 17.0 Å². The Balaban J connectivity index is 2.30. The fourth-order valence-electron chi connectivity index (χ4n) is 2.09. The van der Waals surface area contributed by atoms with Crippen LogP contribution in [-0.4, -0.2) is 9.38 Å². The van der Waals surface area contributed by atoms with Crippen LogP contribution < -0.4 is 5.73 Å². The maximum atomic E-state index is 13.3. The van der Waals surface area contributed by atoms with Crippen molar-refractivity contribution in [2.75, 3.05) is 0 Å². The van der Waals surface area contributed by atoms with E-state index in [0.29, 0.717) is 12.2 Å². The molecule has 3 aromatic rings. The Morgan fingerprint density at radius 2 is 1.89 bits per heavy atom. The minimum Gasteiger partial charge on any atom is -0.325 e. The van der Waals surface area contributed by atoms with Gasteiger partial charge in [0.15, 0.2) is 0 Å². The first-order valence-electron chi connectivity index (χ1n) is 5.71. The number of nitrogens with two attached hydrogens (primary N) is 1. The van der Waals surface area contributed by atoms with Crippen molar-refractivity contribution < 1.29 is 4.39 Å². The van der Waals surface area contributed by atoms with Crippen molar-refractivity contribution in [1.29, 1.82) is 0 Å². The monoisotopic (exact) mass is 241 g/mol. The molecule has 3 nitrogen and oxygen atoms in total. The molecule has 0 amide bonds. The van der Waals surface area contributed by atoms with Crippen molar-refractivity contribution in [3.05, 3.63) is 60.2 Å². The molecule has 0 aliphatic rings. The SMILES string of the molecule is NCc1c(-c2ccccc2)nc2ccc(F)cn12. The summed E-state index contributed by atoms with van der Waals surface area (Å²) in [4.78, 5) is 4.51. The van der Waals surface area contributed by atoms with E-state index < -0.39 is 0 Å². The molecule has 0 saturated carbocycles. The van der Waals surface area contributed by atoms with E-state index in [1.807, 2.05) is 30.3 Å². The van der Waals surface area contributed by atoms with Gasteiger partial charge in [0.25, 0.3) is 0 Å². The third-order valence-electron chi connectivity index (χ3n) is 2.92. The normalized spacial score (nSPS) is 11.0. The first-order valence-corrected chi connectivity index (χ1v) is 5.71. The molecule has 90 valence electrons. The first kappa shape index (κ1) is 10.9. The Bertz CT molecular complexity index is 689. The van der Waals surface area contributed by atoms with Crippen LogP contribution in [0.5, 0.6) is 0 Å². The molecule has 0 aliphatic carbocycles. The lowest BCUT2D eigenvalue weighted by Gasteiger charge is -2.02. The standard InChI is InChI=1S/C14H12FN3/c15-11-6-7-13-17-14(10-4-2-1-3-5-10)12(8-16)18(13)9-11/h1-7,9H,8,16H2. The number of benzene rings is 1. The Hall–Kier alpha value is -2.20. The molecule has 2 heterocycles. The number of pyridine rings is 1. The molecule has 2 N–H and O–H groups in total. The van der Waals surface area contributed by atoms with Crippen LogP contribution in [0.25, 0.3) is 16.9 Å². The summed E-state index contributed by atoms with van der Waals surface area (Å²) in [5.74, 6) is -0.297. The van der Waals surface area contributed by atoms with Crippen LogP contribution in [-0.2, 0) is 6.54 Å². The molecular formula is C14H12FN3. The Labute approximate surface area is 104 Å². The van der Waals surface area contributed by atoms with Crippen molar-refractivity contribution in [1.82, 2.24) is 9.38 Å². The van der Waals surface area contributed by atoms with Crippen LogP contribution >= 0.6 is 0 Å². The van der Waals surface area contributed by atoms with Gasteiger partial charge in [0.1, 0.15) is 11.5 Å². The molecule has 0 radical (unpaired) electrons. The number of imidazole rings is 1. The van der Waals surface area contributed by atoms with Gasteiger partial charge in [-0.1, -0.05) is 30.3 Å². The van der Waals surface area contributed by atoms with Crippen LogP contribution in [0.3, 0.4) is 0 Å². The summed E-state index contributed by atoms with van der Waals surface area (Å²) in [6, 6.07) is 12.8. The molecule has 0 bridgehead atoms. The third-order valence-corrected chi connectivity index (χ3v) is 2.92. The van der Waals surface area contributed by atoms with Gasteiger partial charge in [-0.2, -0.15) is 0 Å². The second kappa shape index (κ2) is 4.23. The van der Waals surface area contributed by atoms with Gasteiger partial charge in [-0.3, -0.25) is 4.40 Å². The quantitative estimate of drug-likeness (QED) is 0.749. The summed E-state index contributed by atoms with van der Waals surface area (Å²) in [5, 5.41) is 0. The van der Waals surface area contributed by atoms with E-state index >= 15 is 0 Å². The van der Waals surface area contributed by atoms with Crippen LogP contribution in [0.1, 0.15) is 5.69 Å². The second-order valence-electron chi connectivity index (χ2n) is 4.05. The summed E-state index contributed by atoms with van der Waals surface area (Å²) < 4.78 is 15.0. The number of hydrogen-bond donors (Lipinski definition) is 1. The maximum Gasteiger partial charge on any atom is 0.139 e. The van der Waals surface area contributed by atoms with Gasteiger partial charge in [-0.25, -0.2) is 9.37 Å². The van der Waals surface area contributed by atoms with E-state index in [-0.39, 0.29) is 5.82 Å². The van der Waals surface area contributed by atoms with Gasteiger partial charge in [0.05, 0.1) is 11.4 Å². The molecule has 0 saturated heterocycles. The van der Waals surface area contributed by atoms with Gasteiger partial charge >= 0.3 is 0 Å². The zero-order chi connectivity index (χ0) is 12.5. The van der Waals surface area contributed by atoms with Crippen molar-refractivity contribution >= 4 is 5.65 Å². The lowest BCUT2D eigenvalue weighted by molar-refractivity contribution is 0.618. The fourth-order valence-corrected chi connectivity index (χ4v) is 2.09. The van der Waals surface area contributed by atoms with E-state index in [1.54, 1.807) is 10.5 Å². The van der Waals surface area contributed by atoms with Gasteiger partial charge in [-0.15, -0.1) is 0 Å². The molecule has 0 atom stereocenters. The van der Waals surface area contributed by atoms with Crippen molar-refractivity contribution in [2.45, 2.75) is 6.54 Å². The predicted octanol–water partition coefficient (Wildman–Crippen LogP) is 2.60. The van der Waals surface area contributed by atoms with E-state index in [4.69, 9.17) is 5.73 Å². The van der Waals surface area contributed by atoms with Gasteiger partial charge in [0.2, 0.25) is 0 Å². The minimum absolute atomic E-state index is 0.297. The highest BCUT2D eigenvalue weighted by Gasteiger charge is 2.12. The summed E-state index contributed by atoms with van der Waals surface area (Å²) in [7, 11) is 0. The largest absolute Gasteiger partial charge is 0.325 e. The lowest BCUT2D eigenvalue weighted by Crippen LogP contribution is -2.02. The summed E-state index contributed by atoms with van der Waals surface area (Å²) >= 11 is 0. The highest BCUT2D eigenvalue weighted by atomic mass is 19.1. The molecule has 1 aromatic carbocycles. The number of rotatable bonds is 2. The summed E-state index contributed by atoms with van der Waals surface area (Å²) in [6.07, 6.45) is 1.41. The summed E-state index contributed by atoms with van der Waals surface area (Å²) in [6.45, 7) is 0.314. The number of halogens is 1. The van der Waals surface area contributed by atoms with Crippen LogP contribution in [0.15, 0.2) is 48.7 Å². The second-order valence-corrected chi connectivity index (χ2v) is 4.05. The predicted molar refractivity (Wildman–Crippen MR) is 68.5 cm³/mol. The van der Waals surface area contributed by atoms with Gasteiger partial charge in [-0.05, 0) is 12.1 Å². The van der Waals surface area contributed by atoms with Gasteiger partial charge in [0, 0.05) is 18.3 Å². The zero-order valence-electron chi connectivity index (χ0n) is 9.68. The zero-order valence-corrected chi connectivity index (χ0v) is 9.68. The highest BCUT2D eigenvalue weighted by Crippen LogP contribution is 2.24. The number of nitrogens with zero attached hydrogens (tertiary/aromatic N) is 2. The highest BCUT2D eigenvalue weighted by molar-refractivity contribution is 5.66. The molecule has 0 spiro atoms. The molecule has 0 aliphatic heterocycles. The Morgan fingerprint density at radius 1 is 1.11 bits per heavy atom. The Kier molecular flexibility index (Phi) is 2.57. The van der Waals surface area contributed by atoms with E-state index in [2.05, 4.69) is 4.98 Å². The van der Waals surface area contributed by atoms with Crippen LogP contribution in [0.4, 0.5) is 4.39 Å². The van der Waals surface area contributed by atoms with Crippen molar-refractivity contribution in [3.63, 3.8) is 0 Å². The summed E-state index contributed by atoms with van der Waals surface area (Å²) in [5.41, 5.74) is 9.08. The Morgan fingerprint density at radius 3 is 2.61 bits per heavy atom. The first-order chi connectivity index (χ1) is 8.79. The molecular weight excluding hydrogens is 229 g/mol. The topological polar surface area (TPSA) is 43.3 Å². The lowest BCUT2D eigenvalue weighted by atomic mass is 10.1. The fraction of sp³-hybridized carbons (Fsp3) is 0.0714. The average Bonchev–Trinajstić information content (AvgIpc) is 2.77. The molecule has 0 unspecified atom stereocenters. The van der Waals surface area contributed by atoms with Crippen LogP contribution in [0.2, 0.25) is 0 Å². The maximum absolute atomic E-state index is 13.3. The number of aromatic nitrogens is 2. The number of hydrogen-bond acceptors (Lipinski definition) is 2. The number of fused-ring (bicyclic) bond motifs is 1. The van der Waals surface area contributed by atoms with Crippen molar-refractivity contribution in [3.8, 4) is 11.3 Å². The van der Waals surface area contributed by atoms with Gasteiger partial charge < -0.3 is 5.73 Å². The van der Waals surface area contributed by atoms with Crippen molar-refractivity contribution in [2.24, 2.45) is 5.73 Å². The molecule has 3 rings (SSSR count). The third kappa shape index (κ3) is 1.67. The molecule has 0 fully saturated rings. The smallest absolute Gasteiger partial charge is 0.139 e. The molecule has 4 heteroatoms. The minimum atomic E-state index is -0.297. The van der Waals surface area contributed by atoms with Crippen LogP contribution in [0, 0.1) is 5.82 Å². The molecule has 18 heavy (non-hydrogen) atoms. The molecule has 2 aromatic heterocycles. The average molecular weight is 241 g/mol. The van der Waals surface area contributed by atoms with E-state index in [9.17, 15) is 4.39 Å². The van der Waals surface area contributed by atoms with E-state index in [1.165, 1.54) is 12.3 Å².